The Bertz CT molecular complexity index is 1250. The highest BCUT2D eigenvalue weighted by atomic mass is 35.5. The zero-order valence-electron chi connectivity index (χ0n) is 21.9. The number of imidazole rings is 1. The van der Waals surface area contributed by atoms with Crippen molar-refractivity contribution in [3.63, 3.8) is 0 Å². The zero-order chi connectivity index (χ0) is 27.3. The number of primary amides is 1. The van der Waals surface area contributed by atoms with Gasteiger partial charge < -0.3 is 25.9 Å². The maximum atomic E-state index is 13.0. The Kier molecular flexibility index (Phi) is 8.99. The summed E-state index contributed by atoms with van der Waals surface area (Å²) in [6.45, 7) is 9.07. The number of nitrogens with one attached hydrogen (secondary N) is 2. The van der Waals surface area contributed by atoms with Crippen molar-refractivity contribution in [2.75, 3.05) is 0 Å². The van der Waals surface area contributed by atoms with Gasteiger partial charge in [0.2, 0.25) is 5.91 Å². The number of aliphatic hydroxyl groups is 1. The molecule has 37 heavy (non-hydrogen) atoms. The van der Waals surface area contributed by atoms with Crippen LogP contribution in [0.15, 0.2) is 42.5 Å². The Labute approximate surface area is 222 Å². The topological polar surface area (TPSA) is 130 Å². The predicted molar refractivity (Wildman–Crippen MR) is 145 cm³/mol. The molecule has 8 nitrogen and oxygen atoms in total. The lowest BCUT2D eigenvalue weighted by atomic mass is 9.99. The fourth-order valence-electron chi connectivity index (χ4n) is 4.08. The number of halogens is 1. The van der Waals surface area contributed by atoms with E-state index >= 15 is 0 Å². The number of aromatic nitrogens is 2. The van der Waals surface area contributed by atoms with Gasteiger partial charge in [-0.3, -0.25) is 9.59 Å². The molecule has 3 aromatic rings. The van der Waals surface area contributed by atoms with E-state index in [-0.39, 0.29) is 24.5 Å². The van der Waals surface area contributed by atoms with Gasteiger partial charge in [-0.2, -0.15) is 0 Å². The molecule has 5 N–H and O–H groups in total. The minimum Gasteiger partial charge on any atom is -0.489 e. The number of nitrogens with zero attached hydrogens (tertiary/aromatic N) is 1. The van der Waals surface area contributed by atoms with Crippen LogP contribution in [0, 0.1) is 6.92 Å². The number of carbonyl (C=O) groups excluding carboxylic acids is 2. The molecule has 0 fully saturated rings. The Balaban J connectivity index is 1.74. The van der Waals surface area contributed by atoms with Crippen molar-refractivity contribution in [3.05, 3.63) is 70.0 Å². The van der Waals surface area contributed by atoms with E-state index < -0.39 is 11.5 Å². The number of hydrogen-bond acceptors (Lipinski definition) is 5. The van der Waals surface area contributed by atoms with Crippen molar-refractivity contribution < 1.29 is 19.4 Å². The van der Waals surface area contributed by atoms with Gasteiger partial charge in [0.05, 0.1) is 16.8 Å². The van der Waals surface area contributed by atoms with Crippen LogP contribution >= 0.6 is 11.6 Å². The van der Waals surface area contributed by atoms with Gasteiger partial charge in [-0.1, -0.05) is 35.9 Å². The predicted octanol–water partition coefficient (Wildman–Crippen LogP) is 4.66. The summed E-state index contributed by atoms with van der Waals surface area (Å²) in [7, 11) is 0. The van der Waals surface area contributed by atoms with Crippen molar-refractivity contribution in [3.8, 4) is 17.1 Å². The molecule has 2 amide bonds. The summed E-state index contributed by atoms with van der Waals surface area (Å²) < 4.78 is 5.64. The third kappa shape index (κ3) is 7.81. The third-order valence-electron chi connectivity index (χ3n) is 5.80. The van der Waals surface area contributed by atoms with Gasteiger partial charge in [0.25, 0.3) is 5.91 Å². The first-order valence-corrected chi connectivity index (χ1v) is 12.7. The van der Waals surface area contributed by atoms with Crippen molar-refractivity contribution in [1.29, 1.82) is 0 Å². The molecule has 1 heterocycles. The van der Waals surface area contributed by atoms with E-state index in [1.807, 2.05) is 45.0 Å². The lowest BCUT2D eigenvalue weighted by Crippen LogP contribution is -2.37. The molecule has 2 aromatic carbocycles. The Morgan fingerprint density at radius 3 is 2.41 bits per heavy atom. The fraction of sp³-hybridized carbons (Fsp3) is 0.393. The summed E-state index contributed by atoms with van der Waals surface area (Å²) >= 11 is 6.30. The number of hydrogen-bond donors (Lipinski definition) is 4. The van der Waals surface area contributed by atoms with Gasteiger partial charge in [0.15, 0.2) is 0 Å². The number of carbonyl (C=O) groups is 2. The molecule has 9 heteroatoms. The summed E-state index contributed by atoms with van der Waals surface area (Å²) in [6.07, 6.45) is 1.02. The lowest BCUT2D eigenvalue weighted by molar-refractivity contribution is -0.118. The number of H-pyrrole nitrogens is 1. The summed E-state index contributed by atoms with van der Waals surface area (Å²) in [5, 5.41) is 13.7. The van der Waals surface area contributed by atoms with E-state index in [9.17, 15) is 14.7 Å². The van der Waals surface area contributed by atoms with Crippen LogP contribution in [-0.4, -0.2) is 39.0 Å². The fourth-order valence-corrected chi connectivity index (χ4v) is 4.30. The van der Waals surface area contributed by atoms with Crippen LogP contribution in [0.25, 0.3) is 11.4 Å². The third-order valence-corrected chi connectivity index (χ3v) is 6.10. The van der Waals surface area contributed by atoms with Gasteiger partial charge in [-0.25, -0.2) is 4.98 Å². The Hall–Kier alpha value is -3.36. The molecule has 0 unspecified atom stereocenters. The average Bonchev–Trinajstić information content (AvgIpc) is 3.21. The van der Waals surface area contributed by atoms with Gasteiger partial charge in [0.1, 0.15) is 17.2 Å². The maximum Gasteiger partial charge on any atom is 0.251 e. The van der Waals surface area contributed by atoms with Gasteiger partial charge in [0, 0.05) is 29.3 Å². The zero-order valence-corrected chi connectivity index (χ0v) is 22.6. The van der Waals surface area contributed by atoms with E-state index in [1.54, 1.807) is 32.0 Å². The highest BCUT2D eigenvalue weighted by Crippen LogP contribution is 2.27. The molecular weight excluding hydrogens is 492 g/mol. The van der Waals surface area contributed by atoms with Crippen molar-refractivity contribution >= 4 is 23.4 Å². The molecule has 0 radical (unpaired) electrons. The van der Waals surface area contributed by atoms with E-state index in [0.717, 1.165) is 16.8 Å². The summed E-state index contributed by atoms with van der Waals surface area (Å²) in [5.41, 5.74) is 7.98. The van der Waals surface area contributed by atoms with Gasteiger partial charge in [-0.15, -0.1) is 0 Å². The first-order chi connectivity index (χ1) is 17.3. The molecule has 3 rings (SSSR count). The molecule has 0 bridgehead atoms. The minimum absolute atomic E-state index is 0.0397. The monoisotopic (exact) mass is 526 g/mol. The smallest absolute Gasteiger partial charge is 0.251 e. The number of amides is 2. The lowest BCUT2D eigenvalue weighted by Gasteiger charge is -2.19. The number of benzene rings is 2. The number of nitrogens with two attached hydrogens (primary N) is 1. The normalized spacial score (nSPS) is 12.4. The number of rotatable bonds is 11. The molecule has 0 aliphatic rings. The standard InChI is InChI=1S/C28H35ClN4O4/c1-16(2)37-23-12-10-20(15-22(23)29)27(35)32-21(11-13-24(30)34)14-18-6-8-19(9-7-18)26-31-17(3)25(33-26)28(4,5)36/h6-10,12,15-16,21,36H,11,13-14H2,1-5H3,(H2,30,34)(H,31,33)(H,32,35)/t21-/m1/s1. The van der Waals surface area contributed by atoms with Crippen LogP contribution in [0.5, 0.6) is 5.75 Å². The number of aromatic amines is 1. The second-order valence-electron chi connectivity index (χ2n) is 10.0. The van der Waals surface area contributed by atoms with Crippen molar-refractivity contribution in [1.82, 2.24) is 15.3 Å². The second-order valence-corrected chi connectivity index (χ2v) is 10.4. The van der Waals surface area contributed by atoms with Crippen LogP contribution < -0.4 is 15.8 Å². The van der Waals surface area contributed by atoms with Crippen LogP contribution in [0.3, 0.4) is 0 Å². The minimum atomic E-state index is -1.05. The van der Waals surface area contributed by atoms with Crippen LogP contribution in [0.2, 0.25) is 5.02 Å². The SMILES string of the molecule is Cc1[nH]c(-c2ccc(C[C@@H](CCC(N)=O)NC(=O)c3ccc(OC(C)C)c(Cl)c3)cc2)nc1C(C)(C)O. The van der Waals surface area contributed by atoms with Crippen molar-refractivity contribution in [2.24, 2.45) is 5.73 Å². The van der Waals surface area contributed by atoms with Crippen LogP contribution in [0.1, 0.15) is 67.8 Å². The summed E-state index contributed by atoms with van der Waals surface area (Å²) in [5.74, 6) is 0.458. The molecule has 1 aromatic heterocycles. The Morgan fingerprint density at radius 2 is 1.86 bits per heavy atom. The van der Waals surface area contributed by atoms with E-state index in [4.69, 9.17) is 22.1 Å². The van der Waals surface area contributed by atoms with Crippen LogP contribution in [0.4, 0.5) is 0 Å². The molecule has 0 aliphatic heterocycles. The number of aryl methyl sites for hydroxylation is 1. The first-order valence-electron chi connectivity index (χ1n) is 12.3. The summed E-state index contributed by atoms with van der Waals surface area (Å²) in [6, 6.07) is 12.4. The van der Waals surface area contributed by atoms with Gasteiger partial charge >= 0.3 is 0 Å². The van der Waals surface area contributed by atoms with E-state index in [1.165, 1.54) is 0 Å². The molecular formula is C28H35ClN4O4. The van der Waals surface area contributed by atoms with E-state index in [2.05, 4.69) is 15.3 Å². The molecule has 0 spiro atoms. The van der Waals surface area contributed by atoms with Crippen LogP contribution in [-0.2, 0) is 16.8 Å². The molecule has 0 saturated carbocycles. The number of ether oxygens (including phenoxy) is 1. The molecule has 1 atom stereocenters. The molecule has 198 valence electrons. The summed E-state index contributed by atoms with van der Waals surface area (Å²) in [4.78, 5) is 32.2. The quantitative estimate of drug-likeness (QED) is 0.288. The average molecular weight is 527 g/mol. The molecule has 0 aliphatic carbocycles. The largest absolute Gasteiger partial charge is 0.489 e. The second kappa shape index (κ2) is 11.8. The Morgan fingerprint density at radius 1 is 1.19 bits per heavy atom. The highest BCUT2D eigenvalue weighted by Gasteiger charge is 2.23. The highest BCUT2D eigenvalue weighted by molar-refractivity contribution is 6.32. The van der Waals surface area contributed by atoms with E-state index in [0.29, 0.717) is 40.7 Å². The van der Waals surface area contributed by atoms with Crippen molar-refractivity contribution in [2.45, 2.75) is 71.6 Å². The maximum absolute atomic E-state index is 13.0. The molecule has 0 saturated heterocycles. The first kappa shape index (κ1) is 28.2. The van der Waals surface area contributed by atoms with Gasteiger partial charge in [-0.05, 0) is 71.2 Å².